The first-order valence-corrected chi connectivity index (χ1v) is 13.9. The zero-order valence-corrected chi connectivity index (χ0v) is 25.0. The summed E-state index contributed by atoms with van der Waals surface area (Å²) in [5, 5.41) is 19.5. The van der Waals surface area contributed by atoms with Crippen LogP contribution in [0.2, 0.25) is 0 Å². The van der Waals surface area contributed by atoms with Gasteiger partial charge in [-0.05, 0) is 56.3 Å². The van der Waals surface area contributed by atoms with E-state index in [1.807, 2.05) is 6.92 Å². The smallest absolute Gasteiger partial charge is 0.416 e. The Morgan fingerprint density at radius 3 is 2.45 bits per heavy atom. The number of aliphatic hydroxyl groups is 1. The number of benzene rings is 2. The van der Waals surface area contributed by atoms with E-state index in [1.165, 1.54) is 21.5 Å². The lowest BCUT2D eigenvalue weighted by Crippen LogP contribution is -2.50. The van der Waals surface area contributed by atoms with Gasteiger partial charge in [-0.1, -0.05) is 13.0 Å². The van der Waals surface area contributed by atoms with Crippen molar-refractivity contribution in [3.8, 4) is 5.75 Å². The van der Waals surface area contributed by atoms with Crippen molar-refractivity contribution in [2.45, 2.75) is 39.1 Å². The first-order valence-electron chi connectivity index (χ1n) is 13.9. The Bertz CT molecular complexity index is 1520. The first-order chi connectivity index (χ1) is 20.7. The molecule has 0 bridgehead atoms. The number of para-hydroxylation sites is 1. The molecule has 0 radical (unpaired) electrons. The minimum atomic E-state index is -4.50. The molecule has 4 rings (SSSR count). The molecule has 1 aliphatic rings. The number of alkyl halides is 3. The highest BCUT2D eigenvalue weighted by molar-refractivity contribution is 6.06. The summed E-state index contributed by atoms with van der Waals surface area (Å²) in [6.07, 6.45) is -5.20. The van der Waals surface area contributed by atoms with Crippen LogP contribution in [0.5, 0.6) is 5.75 Å². The molecule has 3 N–H and O–H groups in total. The SMILES string of the molecule is Cc1cc(C(=O)Nc2cccc3c2O[C@H](CN(C)C(=O)Nc2ccc(C(F)(F)F)cc2)[C@@H](C)CN([C@H](C)CO)C3=O)n(C)n1. The van der Waals surface area contributed by atoms with Gasteiger partial charge < -0.3 is 30.3 Å². The van der Waals surface area contributed by atoms with Crippen molar-refractivity contribution in [1.29, 1.82) is 0 Å². The summed E-state index contributed by atoms with van der Waals surface area (Å²) in [7, 11) is 3.14. The minimum absolute atomic E-state index is 0.0197. The zero-order chi connectivity index (χ0) is 32.3. The molecular formula is C30H35F3N6O5. The molecule has 1 aromatic heterocycles. The Morgan fingerprint density at radius 2 is 1.86 bits per heavy atom. The Morgan fingerprint density at radius 1 is 1.18 bits per heavy atom. The monoisotopic (exact) mass is 616 g/mol. The molecular weight excluding hydrogens is 581 g/mol. The number of likely N-dealkylation sites (N-methyl/N-ethyl adjacent to an activating group) is 1. The maximum absolute atomic E-state index is 13.7. The number of aryl methyl sites for hydroxylation is 2. The second-order valence-electron chi connectivity index (χ2n) is 10.9. The van der Waals surface area contributed by atoms with Crippen LogP contribution in [0, 0.1) is 12.8 Å². The second-order valence-corrected chi connectivity index (χ2v) is 10.9. The number of anilines is 2. The number of rotatable bonds is 7. The van der Waals surface area contributed by atoms with Crippen LogP contribution in [-0.4, -0.2) is 81.4 Å². The van der Waals surface area contributed by atoms with Crippen LogP contribution in [0.1, 0.15) is 46.0 Å². The van der Waals surface area contributed by atoms with Gasteiger partial charge in [0.1, 0.15) is 11.8 Å². The maximum atomic E-state index is 13.7. The van der Waals surface area contributed by atoms with Crippen LogP contribution >= 0.6 is 0 Å². The topological polar surface area (TPSA) is 129 Å². The third kappa shape index (κ3) is 7.13. The molecule has 0 spiro atoms. The number of nitrogens with one attached hydrogen (secondary N) is 2. The number of hydrogen-bond donors (Lipinski definition) is 3. The molecule has 4 amide bonds. The number of hydrogen-bond acceptors (Lipinski definition) is 6. The van der Waals surface area contributed by atoms with Gasteiger partial charge in [-0.15, -0.1) is 0 Å². The fourth-order valence-electron chi connectivity index (χ4n) is 4.88. The fraction of sp³-hybridized carbons (Fsp3) is 0.400. The normalized spacial score (nSPS) is 17.6. The van der Waals surface area contributed by atoms with Gasteiger partial charge in [0.25, 0.3) is 11.8 Å². The van der Waals surface area contributed by atoms with Gasteiger partial charge in [-0.25, -0.2) is 4.79 Å². The highest BCUT2D eigenvalue weighted by Crippen LogP contribution is 2.35. The predicted molar refractivity (Wildman–Crippen MR) is 157 cm³/mol. The van der Waals surface area contributed by atoms with Crippen molar-refractivity contribution in [2.24, 2.45) is 13.0 Å². The molecule has 3 aromatic rings. The van der Waals surface area contributed by atoms with E-state index in [2.05, 4.69) is 15.7 Å². The summed E-state index contributed by atoms with van der Waals surface area (Å²) < 4.78 is 46.6. The number of carbonyl (C=O) groups is 3. The minimum Gasteiger partial charge on any atom is -0.485 e. The lowest BCUT2D eigenvalue weighted by Gasteiger charge is -2.38. The number of amides is 4. The van der Waals surface area contributed by atoms with E-state index in [0.717, 1.165) is 24.3 Å². The third-order valence-corrected chi connectivity index (χ3v) is 7.44. The maximum Gasteiger partial charge on any atom is 0.416 e. The highest BCUT2D eigenvalue weighted by atomic mass is 19.4. The molecule has 11 nitrogen and oxygen atoms in total. The van der Waals surface area contributed by atoms with Gasteiger partial charge >= 0.3 is 12.2 Å². The second kappa shape index (κ2) is 13.0. The van der Waals surface area contributed by atoms with Crippen LogP contribution in [0.15, 0.2) is 48.5 Å². The van der Waals surface area contributed by atoms with Crippen molar-refractivity contribution in [1.82, 2.24) is 19.6 Å². The largest absolute Gasteiger partial charge is 0.485 e. The highest BCUT2D eigenvalue weighted by Gasteiger charge is 2.35. The molecule has 0 fully saturated rings. The number of fused-ring (bicyclic) bond motifs is 1. The molecule has 0 aliphatic carbocycles. The lowest BCUT2D eigenvalue weighted by molar-refractivity contribution is -0.137. The van der Waals surface area contributed by atoms with Crippen molar-refractivity contribution in [3.63, 3.8) is 0 Å². The molecule has 3 atom stereocenters. The Labute approximate surface area is 252 Å². The van der Waals surface area contributed by atoms with E-state index in [0.29, 0.717) is 5.69 Å². The van der Waals surface area contributed by atoms with Gasteiger partial charge in [0.15, 0.2) is 5.75 Å². The van der Waals surface area contributed by atoms with Crippen molar-refractivity contribution >= 4 is 29.2 Å². The van der Waals surface area contributed by atoms with Crippen LogP contribution < -0.4 is 15.4 Å². The quantitative estimate of drug-likeness (QED) is 0.362. The molecule has 236 valence electrons. The van der Waals surface area contributed by atoms with E-state index in [4.69, 9.17) is 4.74 Å². The summed E-state index contributed by atoms with van der Waals surface area (Å²) in [6.45, 7) is 5.23. The standard InChI is InChI=1S/C30H35F3N6O5/c1-17-14-39(19(3)16-40)28(42)22-7-6-8-23(35-27(41)24-13-18(2)36-38(24)5)26(22)44-25(17)15-37(4)29(43)34-21-11-9-20(10-12-21)30(31,32)33/h6-13,17,19,25,40H,14-16H2,1-5H3,(H,34,43)(H,35,41)/t17-,19+,25+/m0/s1. The number of aliphatic hydroxyl groups excluding tert-OH is 1. The number of urea groups is 1. The molecule has 0 saturated heterocycles. The van der Waals surface area contributed by atoms with Gasteiger partial charge in [-0.2, -0.15) is 18.3 Å². The van der Waals surface area contributed by atoms with Gasteiger partial charge in [0.05, 0.1) is 41.7 Å². The van der Waals surface area contributed by atoms with E-state index < -0.39 is 41.7 Å². The number of nitrogens with zero attached hydrogens (tertiary/aromatic N) is 4. The van der Waals surface area contributed by atoms with Crippen LogP contribution in [0.25, 0.3) is 0 Å². The van der Waals surface area contributed by atoms with E-state index in [-0.39, 0.29) is 54.0 Å². The predicted octanol–water partition coefficient (Wildman–Crippen LogP) is 4.38. The lowest BCUT2D eigenvalue weighted by atomic mass is 9.99. The zero-order valence-electron chi connectivity index (χ0n) is 25.0. The Balaban J connectivity index is 1.62. The number of carbonyl (C=O) groups excluding carboxylic acids is 3. The molecule has 0 unspecified atom stereocenters. The third-order valence-electron chi connectivity index (χ3n) is 7.44. The van der Waals surface area contributed by atoms with E-state index in [9.17, 15) is 32.7 Å². The molecule has 14 heteroatoms. The van der Waals surface area contributed by atoms with Gasteiger partial charge in [-0.3, -0.25) is 14.3 Å². The molecule has 44 heavy (non-hydrogen) atoms. The van der Waals surface area contributed by atoms with Crippen molar-refractivity contribution in [3.05, 3.63) is 71.0 Å². The summed E-state index contributed by atoms with van der Waals surface area (Å²) in [5.41, 5.74) is 0.669. The van der Waals surface area contributed by atoms with Gasteiger partial charge in [0.2, 0.25) is 0 Å². The number of halogens is 3. The molecule has 2 heterocycles. The molecule has 0 saturated carbocycles. The first kappa shape index (κ1) is 32.3. The van der Waals surface area contributed by atoms with Crippen LogP contribution in [0.4, 0.5) is 29.3 Å². The fourth-order valence-corrected chi connectivity index (χ4v) is 4.88. The number of ether oxygens (including phenoxy) is 1. The summed E-state index contributed by atoms with van der Waals surface area (Å²) in [6, 6.07) is 9.34. The van der Waals surface area contributed by atoms with Crippen LogP contribution in [0.3, 0.4) is 0 Å². The van der Waals surface area contributed by atoms with E-state index in [1.54, 1.807) is 45.2 Å². The molecule has 1 aliphatic heterocycles. The summed E-state index contributed by atoms with van der Waals surface area (Å²) in [4.78, 5) is 42.7. The van der Waals surface area contributed by atoms with Crippen molar-refractivity contribution in [2.75, 3.05) is 37.4 Å². The Kier molecular flexibility index (Phi) is 9.52. The van der Waals surface area contributed by atoms with Gasteiger partial charge in [0, 0.05) is 32.2 Å². The molecule has 2 aromatic carbocycles. The van der Waals surface area contributed by atoms with E-state index >= 15 is 0 Å². The summed E-state index contributed by atoms with van der Waals surface area (Å²) >= 11 is 0. The van der Waals surface area contributed by atoms with Crippen LogP contribution in [-0.2, 0) is 13.2 Å². The Hall–Kier alpha value is -4.59. The summed E-state index contributed by atoms with van der Waals surface area (Å²) in [5.74, 6) is -1.12. The average molecular weight is 617 g/mol. The average Bonchev–Trinajstić information content (AvgIpc) is 3.32. The van der Waals surface area contributed by atoms with Crippen molar-refractivity contribution < 1.29 is 37.4 Å². The number of aromatic nitrogens is 2.